The van der Waals surface area contributed by atoms with Crippen molar-refractivity contribution in [2.45, 2.75) is 6.92 Å². The third-order valence-electron chi connectivity index (χ3n) is 2.60. The van der Waals surface area contributed by atoms with Crippen LogP contribution in [0.5, 0.6) is 0 Å². The molecule has 0 radical (unpaired) electrons. The third kappa shape index (κ3) is 2.41. The molecule has 18 heavy (non-hydrogen) atoms. The quantitative estimate of drug-likeness (QED) is 0.732. The summed E-state index contributed by atoms with van der Waals surface area (Å²) in [5.41, 5.74) is 0.921. The molecule has 2 aromatic carbocycles. The smallest absolute Gasteiger partial charge is 0.159 e. The van der Waals surface area contributed by atoms with Crippen molar-refractivity contribution < 1.29 is 13.6 Å². The maximum absolute atomic E-state index is 13.9. The van der Waals surface area contributed by atoms with Crippen LogP contribution in [0.4, 0.5) is 8.78 Å². The molecule has 92 valence electrons. The molecule has 0 aliphatic rings. The number of ketones is 1. The van der Waals surface area contributed by atoms with Gasteiger partial charge in [0.05, 0.1) is 5.02 Å². The first kappa shape index (κ1) is 12.7. The van der Waals surface area contributed by atoms with Crippen LogP contribution in [0.25, 0.3) is 11.1 Å². The maximum Gasteiger partial charge on any atom is 0.159 e. The molecule has 0 amide bonds. The Morgan fingerprint density at radius 2 is 1.72 bits per heavy atom. The topological polar surface area (TPSA) is 17.1 Å². The van der Waals surface area contributed by atoms with Gasteiger partial charge in [-0.3, -0.25) is 4.79 Å². The van der Waals surface area contributed by atoms with Gasteiger partial charge in [0, 0.05) is 16.7 Å². The zero-order chi connectivity index (χ0) is 13.3. The second-order valence-corrected chi connectivity index (χ2v) is 4.28. The highest BCUT2D eigenvalue weighted by atomic mass is 35.5. The second-order valence-electron chi connectivity index (χ2n) is 3.87. The zero-order valence-corrected chi connectivity index (χ0v) is 10.3. The molecular weight excluding hydrogens is 258 g/mol. The maximum atomic E-state index is 13.9. The van der Waals surface area contributed by atoms with Gasteiger partial charge < -0.3 is 0 Å². The Hall–Kier alpha value is -1.74. The van der Waals surface area contributed by atoms with Gasteiger partial charge in [-0.15, -0.1) is 0 Å². The Morgan fingerprint density at radius 1 is 1.06 bits per heavy atom. The number of halogens is 3. The first-order chi connectivity index (χ1) is 8.49. The number of benzene rings is 2. The molecule has 0 aromatic heterocycles. The van der Waals surface area contributed by atoms with Crippen molar-refractivity contribution >= 4 is 17.4 Å². The largest absolute Gasteiger partial charge is 0.295 e. The molecule has 0 spiro atoms. The monoisotopic (exact) mass is 266 g/mol. The van der Waals surface area contributed by atoms with E-state index in [1.165, 1.54) is 31.2 Å². The summed E-state index contributed by atoms with van der Waals surface area (Å²) in [5.74, 6) is -1.26. The fourth-order valence-electron chi connectivity index (χ4n) is 1.66. The van der Waals surface area contributed by atoms with E-state index in [9.17, 15) is 13.6 Å². The van der Waals surface area contributed by atoms with Crippen molar-refractivity contribution in [1.82, 2.24) is 0 Å². The van der Waals surface area contributed by atoms with Gasteiger partial charge in [-0.1, -0.05) is 23.7 Å². The van der Waals surface area contributed by atoms with Crippen molar-refractivity contribution in [2.75, 3.05) is 0 Å². The van der Waals surface area contributed by atoms with E-state index in [2.05, 4.69) is 0 Å². The first-order valence-corrected chi connectivity index (χ1v) is 5.63. The van der Waals surface area contributed by atoms with Crippen molar-refractivity contribution in [3.8, 4) is 11.1 Å². The number of carbonyl (C=O) groups excluding carboxylic acids is 1. The number of carbonyl (C=O) groups is 1. The normalized spacial score (nSPS) is 10.4. The molecule has 0 aliphatic carbocycles. The molecule has 0 bridgehead atoms. The van der Waals surface area contributed by atoms with Crippen LogP contribution in [0.15, 0.2) is 36.4 Å². The lowest BCUT2D eigenvalue weighted by Crippen LogP contribution is -1.95. The molecule has 0 N–H and O–H groups in total. The number of hydrogen-bond acceptors (Lipinski definition) is 1. The highest BCUT2D eigenvalue weighted by Gasteiger charge is 2.11. The molecule has 4 heteroatoms. The lowest BCUT2D eigenvalue weighted by molar-refractivity contribution is 0.101. The molecular formula is C14H9ClF2O. The van der Waals surface area contributed by atoms with E-state index in [0.29, 0.717) is 5.56 Å². The molecule has 2 aromatic rings. The highest BCUT2D eigenvalue weighted by Crippen LogP contribution is 2.30. The van der Waals surface area contributed by atoms with E-state index in [-0.39, 0.29) is 21.9 Å². The van der Waals surface area contributed by atoms with Crippen LogP contribution in [-0.4, -0.2) is 5.78 Å². The fourth-order valence-corrected chi connectivity index (χ4v) is 1.93. The number of rotatable bonds is 2. The van der Waals surface area contributed by atoms with Crippen LogP contribution in [0, 0.1) is 11.6 Å². The minimum atomic E-state index is -0.559. The summed E-state index contributed by atoms with van der Waals surface area (Å²) >= 11 is 5.86. The van der Waals surface area contributed by atoms with Gasteiger partial charge in [0.2, 0.25) is 0 Å². The van der Waals surface area contributed by atoms with Crippen molar-refractivity contribution in [3.63, 3.8) is 0 Å². The fraction of sp³-hybridized carbons (Fsp3) is 0.0714. The summed E-state index contributed by atoms with van der Waals surface area (Å²) in [6.07, 6.45) is 0. The summed E-state index contributed by atoms with van der Waals surface area (Å²) in [7, 11) is 0. The van der Waals surface area contributed by atoms with Crippen molar-refractivity contribution in [3.05, 3.63) is 58.6 Å². The summed E-state index contributed by atoms with van der Waals surface area (Å²) in [6.45, 7) is 1.36. The molecule has 0 unspecified atom stereocenters. The second kappa shape index (κ2) is 4.86. The van der Waals surface area contributed by atoms with Crippen molar-refractivity contribution in [1.29, 1.82) is 0 Å². The van der Waals surface area contributed by atoms with Gasteiger partial charge in [0.1, 0.15) is 11.6 Å². The van der Waals surface area contributed by atoms with Crippen LogP contribution in [0.1, 0.15) is 17.3 Å². The lowest BCUT2D eigenvalue weighted by Gasteiger charge is -2.07. The molecule has 0 heterocycles. The van der Waals surface area contributed by atoms with E-state index in [1.54, 1.807) is 0 Å². The Kier molecular flexibility index (Phi) is 3.43. The Labute approximate surface area is 108 Å². The third-order valence-corrected chi connectivity index (χ3v) is 2.91. The van der Waals surface area contributed by atoms with Crippen LogP contribution in [0.2, 0.25) is 5.02 Å². The molecule has 2 rings (SSSR count). The van der Waals surface area contributed by atoms with Gasteiger partial charge >= 0.3 is 0 Å². The van der Waals surface area contributed by atoms with E-state index >= 15 is 0 Å². The van der Waals surface area contributed by atoms with E-state index in [4.69, 9.17) is 11.6 Å². The van der Waals surface area contributed by atoms with Gasteiger partial charge in [-0.05, 0) is 31.2 Å². The minimum absolute atomic E-state index is 0.129. The molecule has 1 nitrogen and oxygen atoms in total. The van der Waals surface area contributed by atoms with Gasteiger partial charge in [0.15, 0.2) is 5.78 Å². The van der Waals surface area contributed by atoms with Crippen LogP contribution in [-0.2, 0) is 0 Å². The average molecular weight is 267 g/mol. The number of hydrogen-bond donors (Lipinski definition) is 0. The molecule has 0 aliphatic heterocycles. The predicted molar refractivity (Wildman–Crippen MR) is 66.8 cm³/mol. The van der Waals surface area contributed by atoms with Gasteiger partial charge in [-0.25, -0.2) is 8.78 Å². The summed E-state index contributed by atoms with van der Waals surface area (Å²) in [4.78, 5) is 11.1. The average Bonchev–Trinajstić information content (AvgIpc) is 2.30. The SMILES string of the molecule is CC(=O)c1ccc(-c2ccc(F)cc2Cl)c(F)c1. The Morgan fingerprint density at radius 3 is 2.28 bits per heavy atom. The van der Waals surface area contributed by atoms with E-state index in [0.717, 1.165) is 12.1 Å². The summed E-state index contributed by atoms with van der Waals surface area (Å²) in [5, 5.41) is 0.129. The minimum Gasteiger partial charge on any atom is -0.295 e. The van der Waals surface area contributed by atoms with Gasteiger partial charge in [-0.2, -0.15) is 0 Å². The number of Topliss-reactive ketones (excluding diaryl/α,β-unsaturated/α-hetero) is 1. The summed E-state index contributed by atoms with van der Waals surface area (Å²) < 4.78 is 26.8. The molecule has 0 saturated heterocycles. The standard InChI is InChI=1S/C14H9ClF2O/c1-8(18)9-2-4-12(14(17)6-9)11-5-3-10(16)7-13(11)15/h2-7H,1H3. The Balaban J connectivity index is 2.54. The zero-order valence-electron chi connectivity index (χ0n) is 9.51. The van der Waals surface area contributed by atoms with E-state index < -0.39 is 11.6 Å². The van der Waals surface area contributed by atoms with E-state index in [1.807, 2.05) is 0 Å². The van der Waals surface area contributed by atoms with Crippen LogP contribution >= 0.6 is 11.6 Å². The summed E-state index contributed by atoms with van der Waals surface area (Å²) in [6, 6.07) is 7.86. The predicted octanol–water partition coefficient (Wildman–Crippen LogP) is 4.49. The van der Waals surface area contributed by atoms with Crippen molar-refractivity contribution in [2.24, 2.45) is 0 Å². The molecule has 0 fully saturated rings. The van der Waals surface area contributed by atoms with Crippen LogP contribution < -0.4 is 0 Å². The lowest BCUT2D eigenvalue weighted by atomic mass is 10.0. The molecule has 0 atom stereocenters. The Bertz CT molecular complexity index is 623. The first-order valence-electron chi connectivity index (χ1n) is 5.25. The van der Waals surface area contributed by atoms with Gasteiger partial charge in [0.25, 0.3) is 0 Å². The van der Waals surface area contributed by atoms with Crippen LogP contribution in [0.3, 0.4) is 0 Å². The molecule has 0 saturated carbocycles. The highest BCUT2D eigenvalue weighted by molar-refractivity contribution is 6.33.